The average molecular weight is 364 g/mol. The number of rotatable bonds is 7. The van der Waals surface area contributed by atoms with E-state index in [1.807, 2.05) is 30.3 Å². The fourth-order valence-corrected chi connectivity index (χ4v) is 2.30. The molecule has 0 atom stereocenters. The Bertz CT molecular complexity index is 883. The van der Waals surface area contributed by atoms with Crippen LogP contribution < -0.4 is 20.7 Å². The van der Waals surface area contributed by atoms with Gasteiger partial charge in [-0.15, -0.1) is 0 Å². The minimum atomic E-state index is -0.530. The van der Waals surface area contributed by atoms with Gasteiger partial charge < -0.3 is 20.7 Å². The molecule has 2 amide bonds. The Balaban J connectivity index is 1.97. The van der Waals surface area contributed by atoms with E-state index in [4.69, 9.17) is 4.74 Å². The van der Waals surface area contributed by atoms with Crippen LogP contribution in [0.25, 0.3) is 0 Å². The summed E-state index contributed by atoms with van der Waals surface area (Å²) in [4.78, 5) is 23.2. The molecule has 0 radical (unpaired) electrons. The van der Waals surface area contributed by atoms with Crippen LogP contribution in [0, 0.1) is 11.3 Å². The molecule has 27 heavy (non-hydrogen) atoms. The van der Waals surface area contributed by atoms with Crippen LogP contribution >= 0.6 is 0 Å². The summed E-state index contributed by atoms with van der Waals surface area (Å²) in [6.45, 7) is 1.82. The molecule has 3 N–H and O–H groups in total. The molecule has 0 aliphatic rings. The molecule has 0 spiro atoms. The summed E-state index contributed by atoms with van der Waals surface area (Å²) in [6, 6.07) is 15.9. The number of nitrogens with one attached hydrogen (secondary N) is 3. The second-order valence-electron chi connectivity index (χ2n) is 5.58. The zero-order valence-corrected chi connectivity index (χ0v) is 15.1. The number of benzene rings is 2. The van der Waals surface area contributed by atoms with Gasteiger partial charge in [0.2, 0.25) is 5.91 Å². The van der Waals surface area contributed by atoms with Crippen molar-refractivity contribution in [3.63, 3.8) is 0 Å². The normalized spacial score (nSPS) is 10.5. The summed E-state index contributed by atoms with van der Waals surface area (Å²) in [7, 11) is 1.58. The first-order chi connectivity index (χ1) is 13.0. The molecule has 0 aliphatic heterocycles. The van der Waals surface area contributed by atoms with Gasteiger partial charge >= 0.3 is 0 Å². The third-order valence-corrected chi connectivity index (χ3v) is 3.56. The molecule has 7 nitrogen and oxygen atoms in total. The van der Waals surface area contributed by atoms with E-state index in [1.54, 1.807) is 31.4 Å². The van der Waals surface area contributed by atoms with E-state index in [0.29, 0.717) is 17.9 Å². The Hall–Kier alpha value is -3.79. The second kappa shape index (κ2) is 9.63. The molecular formula is C20H20N4O3. The molecule has 0 aromatic heterocycles. The van der Waals surface area contributed by atoms with Crippen LogP contribution in [0.4, 0.5) is 11.4 Å². The summed E-state index contributed by atoms with van der Waals surface area (Å²) < 4.78 is 5.26. The highest BCUT2D eigenvalue weighted by Crippen LogP contribution is 2.17. The van der Waals surface area contributed by atoms with E-state index in [9.17, 15) is 14.9 Å². The molecule has 0 saturated carbocycles. The number of carbonyl (C=O) groups excluding carboxylic acids is 2. The van der Waals surface area contributed by atoms with Gasteiger partial charge in [0.25, 0.3) is 5.91 Å². The lowest BCUT2D eigenvalue weighted by molar-refractivity contribution is -0.114. The highest BCUT2D eigenvalue weighted by molar-refractivity contribution is 6.06. The van der Waals surface area contributed by atoms with E-state index >= 15 is 0 Å². The molecule has 2 aromatic carbocycles. The van der Waals surface area contributed by atoms with Crippen LogP contribution in [-0.2, 0) is 16.1 Å². The Morgan fingerprint density at radius 1 is 1.07 bits per heavy atom. The molecule has 0 aliphatic carbocycles. The molecule has 7 heteroatoms. The lowest BCUT2D eigenvalue weighted by Gasteiger charge is -2.09. The minimum Gasteiger partial charge on any atom is -0.496 e. The molecule has 0 saturated heterocycles. The number of nitrogens with zero attached hydrogens (tertiary/aromatic N) is 1. The van der Waals surface area contributed by atoms with Gasteiger partial charge in [-0.05, 0) is 30.3 Å². The Kier molecular flexibility index (Phi) is 6.97. The number of methoxy groups -OCH3 is 1. The summed E-state index contributed by atoms with van der Waals surface area (Å²) >= 11 is 0. The lowest BCUT2D eigenvalue weighted by Crippen LogP contribution is -2.17. The number of ether oxygens (including phenoxy) is 1. The maximum Gasteiger partial charge on any atom is 0.267 e. The maximum atomic E-state index is 12.2. The highest BCUT2D eigenvalue weighted by atomic mass is 16.5. The fraction of sp³-hybridized carbons (Fsp3) is 0.150. The zero-order valence-electron chi connectivity index (χ0n) is 15.1. The minimum absolute atomic E-state index is 0.0594. The number of carbonyl (C=O) groups is 2. The molecule has 138 valence electrons. The number of hydrogen-bond acceptors (Lipinski definition) is 5. The van der Waals surface area contributed by atoms with Crippen molar-refractivity contribution in [2.75, 3.05) is 17.7 Å². The van der Waals surface area contributed by atoms with Crippen molar-refractivity contribution in [2.24, 2.45) is 0 Å². The Labute approximate surface area is 157 Å². The van der Waals surface area contributed by atoms with Gasteiger partial charge in [0.1, 0.15) is 17.4 Å². The third kappa shape index (κ3) is 5.90. The van der Waals surface area contributed by atoms with Crippen LogP contribution in [0.5, 0.6) is 5.75 Å². The lowest BCUT2D eigenvalue weighted by atomic mass is 10.2. The van der Waals surface area contributed by atoms with Crippen molar-refractivity contribution in [2.45, 2.75) is 13.5 Å². The smallest absolute Gasteiger partial charge is 0.267 e. The van der Waals surface area contributed by atoms with Crippen LogP contribution in [0.3, 0.4) is 0 Å². The number of anilines is 2. The summed E-state index contributed by atoms with van der Waals surface area (Å²) in [5.74, 6) is 0.0144. The first-order valence-electron chi connectivity index (χ1n) is 8.18. The van der Waals surface area contributed by atoms with Gasteiger partial charge in [-0.3, -0.25) is 9.59 Å². The molecule has 2 aromatic rings. The van der Waals surface area contributed by atoms with Gasteiger partial charge in [-0.2, -0.15) is 5.26 Å². The second-order valence-corrected chi connectivity index (χ2v) is 5.58. The number of para-hydroxylation sites is 1. The monoisotopic (exact) mass is 364 g/mol. The predicted molar refractivity (Wildman–Crippen MR) is 103 cm³/mol. The van der Waals surface area contributed by atoms with Crippen molar-refractivity contribution in [3.05, 3.63) is 65.9 Å². The maximum absolute atomic E-state index is 12.2. The van der Waals surface area contributed by atoms with E-state index in [0.717, 1.165) is 11.3 Å². The quantitative estimate of drug-likeness (QED) is 0.518. The first-order valence-corrected chi connectivity index (χ1v) is 8.18. The van der Waals surface area contributed by atoms with Gasteiger partial charge in [-0.1, -0.05) is 18.2 Å². The molecular weight excluding hydrogens is 344 g/mol. The van der Waals surface area contributed by atoms with Gasteiger partial charge in [-0.25, -0.2) is 0 Å². The Morgan fingerprint density at radius 3 is 2.30 bits per heavy atom. The zero-order chi connectivity index (χ0) is 19.6. The largest absolute Gasteiger partial charge is 0.496 e. The van der Waals surface area contributed by atoms with Gasteiger partial charge in [0, 0.05) is 36.6 Å². The summed E-state index contributed by atoms with van der Waals surface area (Å²) in [5.41, 5.74) is 1.98. The SMILES string of the molecule is COc1ccccc1CN/C=C(/C#N)C(=O)Nc1ccc(NC(C)=O)cc1. The fourth-order valence-electron chi connectivity index (χ4n) is 2.30. The van der Waals surface area contributed by atoms with Crippen molar-refractivity contribution in [1.29, 1.82) is 5.26 Å². The number of nitriles is 1. The van der Waals surface area contributed by atoms with Crippen molar-refractivity contribution in [3.8, 4) is 11.8 Å². The van der Waals surface area contributed by atoms with E-state index in [1.165, 1.54) is 13.1 Å². The molecule has 0 heterocycles. The third-order valence-electron chi connectivity index (χ3n) is 3.56. The Morgan fingerprint density at radius 2 is 1.70 bits per heavy atom. The van der Waals surface area contributed by atoms with Gasteiger partial charge in [0.15, 0.2) is 0 Å². The number of hydrogen-bond donors (Lipinski definition) is 3. The molecule has 0 bridgehead atoms. The van der Waals surface area contributed by atoms with Crippen molar-refractivity contribution >= 4 is 23.2 Å². The predicted octanol–water partition coefficient (Wildman–Crippen LogP) is 2.79. The van der Waals surface area contributed by atoms with Crippen molar-refractivity contribution in [1.82, 2.24) is 5.32 Å². The molecule has 0 fully saturated rings. The standard InChI is InChI=1S/C20H20N4O3/c1-14(25)23-17-7-9-18(10-8-17)24-20(26)16(11-21)13-22-12-15-5-3-4-6-19(15)27-2/h3-10,13,22H,12H2,1-2H3,(H,23,25)(H,24,26)/b16-13-. The van der Waals surface area contributed by atoms with Crippen LogP contribution in [-0.4, -0.2) is 18.9 Å². The summed E-state index contributed by atoms with van der Waals surface area (Å²) in [6.07, 6.45) is 1.37. The highest BCUT2D eigenvalue weighted by Gasteiger charge is 2.09. The number of amides is 2. The first kappa shape index (κ1) is 19.5. The van der Waals surface area contributed by atoms with E-state index in [-0.39, 0.29) is 11.5 Å². The van der Waals surface area contributed by atoms with Gasteiger partial charge in [0.05, 0.1) is 7.11 Å². The van der Waals surface area contributed by atoms with Crippen LogP contribution in [0.1, 0.15) is 12.5 Å². The average Bonchev–Trinajstić information content (AvgIpc) is 2.66. The summed E-state index contributed by atoms with van der Waals surface area (Å²) in [5, 5.41) is 17.5. The molecule has 2 rings (SSSR count). The van der Waals surface area contributed by atoms with Crippen LogP contribution in [0.15, 0.2) is 60.3 Å². The molecule has 0 unspecified atom stereocenters. The van der Waals surface area contributed by atoms with Crippen LogP contribution in [0.2, 0.25) is 0 Å². The van der Waals surface area contributed by atoms with E-state index < -0.39 is 5.91 Å². The topological polar surface area (TPSA) is 103 Å². The van der Waals surface area contributed by atoms with E-state index in [2.05, 4.69) is 16.0 Å². The van der Waals surface area contributed by atoms with Crippen molar-refractivity contribution < 1.29 is 14.3 Å².